The number of hydrogen-bond acceptors (Lipinski definition) is 7. The topological polar surface area (TPSA) is 92.4 Å². The Morgan fingerprint density at radius 3 is 1.91 bits per heavy atom. The second kappa shape index (κ2) is 14.3. The molecule has 44 heavy (non-hydrogen) atoms. The fraction of sp³-hybridized carbons (Fsp3) is 0.257. The predicted molar refractivity (Wildman–Crippen MR) is 174 cm³/mol. The van der Waals surface area contributed by atoms with Crippen molar-refractivity contribution in [3.05, 3.63) is 108 Å². The Morgan fingerprint density at radius 2 is 1.25 bits per heavy atom. The third-order valence-electron chi connectivity index (χ3n) is 7.74. The summed E-state index contributed by atoms with van der Waals surface area (Å²) >= 11 is 0. The minimum absolute atomic E-state index is 0.200. The standard InChI is InChI=1S/C35H38N4O5/c1-42-30-13-8-7-12-29(30)39-22-20-38(21-23-39)28-17-16-26(37-35(41)33-31(43-2)14-9-15-32(33)44-3)24-27(28)34(40)36-19-18-25-10-5-4-6-11-25/h4-17,24H,18-23H2,1-3H3,(H,36,40)(H,37,41). The number of carbonyl (C=O) groups is 2. The fourth-order valence-corrected chi connectivity index (χ4v) is 5.48. The molecule has 0 spiro atoms. The number of rotatable bonds is 11. The molecule has 4 aromatic carbocycles. The highest BCUT2D eigenvalue weighted by atomic mass is 16.5. The first-order chi connectivity index (χ1) is 21.5. The lowest BCUT2D eigenvalue weighted by Crippen LogP contribution is -2.47. The van der Waals surface area contributed by atoms with E-state index < -0.39 is 5.91 Å². The first-order valence-electron chi connectivity index (χ1n) is 14.6. The van der Waals surface area contributed by atoms with Crippen molar-refractivity contribution in [3.8, 4) is 17.2 Å². The Bertz CT molecular complexity index is 1560. The van der Waals surface area contributed by atoms with Crippen molar-refractivity contribution in [1.29, 1.82) is 0 Å². The minimum atomic E-state index is -0.395. The number of ether oxygens (including phenoxy) is 3. The second-order valence-electron chi connectivity index (χ2n) is 10.4. The van der Waals surface area contributed by atoms with Crippen molar-refractivity contribution < 1.29 is 23.8 Å². The highest BCUT2D eigenvalue weighted by Crippen LogP contribution is 2.32. The van der Waals surface area contributed by atoms with Gasteiger partial charge in [-0.15, -0.1) is 0 Å². The van der Waals surface area contributed by atoms with Gasteiger partial charge in [0, 0.05) is 44.1 Å². The zero-order chi connectivity index (χ0) is 30.9. The molecule has 1 aliphatic rings. The van der Waals surface area contributed by atoms with Crippen LogP contribution < -0.4 is 34.6 Å². The third-order valence-corrected chi connectivity index (χ3v) is 7.74. The first-order valence-corrected chi connectivity index (χ1v) is 14.6. The number of para-hydroxylation sites is 2. The van der Waals surface area contributed by atoms with E-state index in [0.717, 1.165) is 35.8 Å². The van der Waals surface area contributed by atoms with Crippen LogP contribution in [0, 0.1) is 0 Å². The van der Waals surface area contributed by atoms with Crippen molar-refractivity contribution >= 4 is 28.9 Å². The number of amides is 2. The van der Waals surface area contributed by atoms with Gasteiger partial charge in [-0.2, -0.15) is 0 Å². The molecule has 0 radical (unpaired) electrons. The van der Waals surface area contributed by atoms with Gasteiger partial charge in [0.1, 0.15) is 22.8 Å². The van der Waals surface area contributed by atoms with Gasteiger partial charge in [-0.3, -0.25) is 9.59 Å². The SMILES string of the molecule is COc1ccccc1N1CCN(c2ccc(NC(=O)c3c(OC)cccc3OC)cc2C(=O)NCCc2ccccc2)CC1. The number of carbonyl (C=O) groups excluding carboxylic acids is 2. The Hall–Kier alpha value is -5.18. The zero-order valence-corrected chi connectivity index (χ0v) is 25.3. The molecule has 0 unspecified atom stereocenters. The van der Waals surface area contributed by atoms with Gasteiger partial charge < -0.3 is 34.6 Å². The van der Waals surface area contributed by atoms with Gasteiger partial charge in [0.25, 0.3) is 11.8 Å². The quantitative estimate of drug-likeness (QED) is 0.245. The number of methoxy groups -OCH3 is 3. The number of piperazine rings is 1. The van der Waals surface area contributed by atoms with E-state index in [1.54, 1.807) is 31.4 Å². The molecule has 4 aromatic rings. The van der Waals surface area contributed by atoms with Gasteiger partial charge in [0.2, 0.25) is 0 Å². The maximum absolute atomic E-state index is 13.7. The summed E-state index contributed by atoms with van der Waals surface area (Å²) in [6.45, 7) is 3.45. The summed E-state index contributed by atoms with van der Waals surface area (Å²) in [4.78, 5) is 31.6. The van der Waals surface area contributed by atoms with Gasteiger partial charge in [-0.05, 0) is 54.4 Å². The molecule has 0 aromatic heterocycles. The maximum atomic E-state index is 13.7. The number of nitrogens with zero attached hydrogens (tertiary/aromatic N) is 2. The van der Waals surface area contributed by atoms with Gasteiger partial charge in [-0.25, -0.2) is 0 Å². The minimum Gasteiger partial charge on any atom is -0.496 e. The van der Waals surface area contributed by atoms with E-state index in [2.05, 4.69) is 26.5 Å². The summed E-state index contributed by atoms with van der Waals surface area (Å²) in [5.74, 6) is 1.03. The van der Waals surface area contributed by atoms with E-state index in [9.17, 15) is 9.59 Å². The van der Waals surface area contributed by atoms with Crippen LogP contribution in [0.15, 0.2) is 91.0 Å². The average molecular weight is 595 g/mol. The number of anilines is 3. The van der Waals surface area contributed by atoms with E-state index in [0.29, 0.717) is 48.8 Å². The van der Waals surface area contributed by atoms with E-state index in [-0.39, 0.29) is 11.5 Å². The van der Waals surface area contributed by atoms with E-state index in [1.807, 2.05) is 60.7 Å². The fourth-order valence-electron chi connectivity index (χ4n) is 5.48. The molecule has 0 aliphatic carbocycles. The molecule has 1 heterocycles. The van der Waals surface area contributed by atoms with Gasteiger partial charge in [0.05, 0.1) is 32.6 Å². The number of benzene rings is 4. The van der Waals surface area contributed by atoms with E-state index >= 15 is 0 Å². The highest BCUT2D eigenvalue weighted by molar-refractivity contribution is 6.09. The van der Waals surface area contributed by atoms with Crippen LogP contribution in [0.3, 0.4) is 0 Å². The first kappa shape index (κ1) is 30.3. The number of nitrogens with one attached hydrogen (secondary N) is 2. The third kappa shape index (κ3) is 6.89. The summed E-state index contributed by atoms with van der Waals surface area (Å²) in [7, 11) is 4.69. The summed E-state index contributed by atoms with van der Waals surface area (Å²) in [6, 6.07) is 28.7. The summed E-state index contributed by atoms with van der Waals surface area (Å²) in [5.41, 5.74) is 4.28. The molecule has 9 nitrogen and oxygen atoms in total. The molecule has 5 rings (SSSR count). The van der Waals surface area contributed by atoms with Crippen molar-refractivity contribution in [2.75, 3.05) is 69.2 Å². The monoisotopic (exact) mass is 594 g/mol. The summed E-state index contributed by atoms with van der Waals surface area (Å²) in [5, 5.41) is 6.02. The van der Waals surface area contributed by atoms with Crippen LogP contribution in [0.25, 0.3) is 0 Å². The van der Waals surface area contributed by atoms with Crippen LogP contribution in [0.1, 0.15) is 26.3 Å². The lowest BCUT2D eigenvalue weighted by molar-refractivity contribution is 0.0953. The van der Waals surface area contributed by atoms with Crippen molar-refractivity contribution in [2.45, 2.75) is 6.42 Å². The Kier molecular flexibility index (Phi) is 9.86. The highest BCUT2D eigenvalue weighted by Gasteiger charge is 2.25. The molecule has 9 heteroatoms. The summed E-state index contributed by atoms with van der Waals surface area (Å²) < 4.78 is 16.4. The molecule has 0 bridgehead atoms. The van der Waals surface area contributed by atoms with Crippen molar-refractivity contribution in [1.82, 2.24) is 5.32 Å². The normalized spacial score (nSPS) is 12.8. The molecule has 1 aliphatic heterocycles. The molecule has 1 fully saturated rings. The predicted octanol–water partition coefficient (Wildman–Crippen LogP) is 5.26. The largest absolute Gasteiger partial charge is 0.496 e. The van der Waals surface area contributed by atoms with E-state index in [4.69, 9.17) is 14.2 Å². The van der Waals surface area contributed by atoms with Gasteiger partial charge in [-0.1, -0.05) is 48.5 Å². The number of hydrogen-bond donors (Lipinski definition) is 2. The van der Waals surface area contributed by atoms with Crippen LogP contribution in [0.4, 0.5) is 17.1 Å². The van der Waals surface area contributed by atoms with Crippen LogP contribution in [-0.4, -0.2) is 65.9 Å². The summed E-state index contributed by atoms with van der Waals surface area (Å²) in [6.07, 6.45) is 0.712. The lowest BCUT2D eigenvalue weighted by atomic mass is 10.1. The second-order valence-corrected chi connectivity index (χ2v) is 10.4. The molecule has 0 saturated carbocycles. The Morgan fingerprint density at radius 1 is 0.659 bits per heavy atom. The van der Waals surface area contributed by atoms with Crippen LogP contribution in [-0.2, 0) is 6.42 Å². The molecular weight excluding hydrogens is 556 g/mol. The molecule has 0 atom stereocenters. The molecule has 228 valence electrons. The van der Waals surface area contributed by atoms with Crippen LogP contribution in [0.2, 0.25) is 0 Å². The Balaban J connectivity index is 1.38. The maximum Gasteiger partial charge on any atom is 0.263 e. The van der Waals surface area contributed by atoms with Crippen LogP contribution >= 0.6 is 0 Å². The van der Waals surface area contributed by atoms with E-state index in [1.165, 1.54) is 14.2 Å². The lowest BCUT2D eigenvalue weighted by Gasteiger charge is -2.38. The molecule has 2 amide bonds. The molecule has 1 saturated heterocycles. The van der Waals surface area contributed by atoms with Gasteiger partial charge >= 0.3 is 0 Å². The Labute approximate surface area is 258 Å². The molecular formula is C35H38N4O5. The smallest absolute Gasteiger partial charge is 0.263 e. The average Bonchev–Trinajstić information content (AvgIpc) is 3.08. The van der Waals surface area contributed by atoms with Crippen molar-refractivity contribution in [3.63, 3.8) is 0 Å². The molecule has 2 N–H and O–H groups in total. The van der Waals surface area contributed by atoms with Gasteiger partial charge in [0.15, 0.2) is 0 Å². The van der Waals surface area contributed by atoms with Crippen LogP contribution in [0.5, 0.6) is 17.2 Å². The zero-order valence-electron chi connectivity index (χ0n) is 25.3. The van der Waals surface area contributed by atoms with Crippen molar-refractivity contribution in [2.24, 2.45) is 0 Å².